The molecule has 0 amide bonds. The molecule has 2 N–H and O–H groups in total. The second kappa shape index (κ2) is 18.3. The van der Waals surface area contributed by atoms with Crippen LogP contribution in [0.1, 0.15) is 52.4 Å². The molecule has 1 aliphatic heterocycles. The number of aliphatic imine (C=N–C) groups is 1. The van der Waals surface area contributed by atoms with Crippen molar-refractivity contribution >= 4 is 29.9 Å². The van der Waals surface area contributed by atoms with E-state index >= 15 is 0 Å². The molecule has 1 saturated heterocycles. The smallest absolute Gasteiger partial charge is 0.191 e. The molecule has 0 saturated carbocycles. The van der Waals surface area contributed by atoms with Crippen molar-refractivity contribution in [3.05, 3.63) is 0 Å². The number of nitrogens with one attached hydrogen (secondary N) is 2. The topological polar surface area (TPSA) is 58.1 Å². The number of piperidine rings is 1. The molecule has 0 bridgehead atoms. The minimum Gasteiger partial charge on any atom is -0.382 e. The molecule has 7 heteroatoms. The first kappa shape index (κ1) is 25.9. The fourth-order valence-corrected chi connectivity index (χ4v) is 3.23. The summed E-state index contributed by atoms with van der Waals surface area (Å²) < 4.78 is 10.4. The van der Waals surface area contributed by atoms with Crippen LogP contribution in [0.25, 0.3) is 0 Å². The maximum Gasteiger partial charge on any atom is 0.191 e. The normalized spacial score (nSPS) is 18.4. The molecule has 1 heterocycles. The molecule has 1 rings (SSSR count). The number of unbranched alkanes of at least 4 members (excludes halogenated alkanes) is 1. The van der Waals surface area contributed by atoms with Crippen molar-refractivity contribution < 1.29 is 9.47 Å². The summed E-state index contributed by atoms with van der Waals surface area (Å²) in [5.74, 6) is 0.938. The van der Waals surface area contributed by atoms with Crippen molar-refractivity contribution in [1.82, 2.24) is 15.5 Å². The number of hydrogen-bond acceptors (Lipinski definition) is 4. The van der Waals surface area contributed by atoms with E-state index in [0.29, 0.717) is 13.2 Å². The molecule has 1 unspecified atom stereocenters. The quantitative estimate of drug-likeness (QED) is 0.182. The van der Waals surface area contributed by atoms with Crippen molar-refractivity contribution in [1.29, 1.82) is 0 Å². The first-order chi connectivity index (χ1) is 12.3. The molecule has 0 aromatic carbocycles. The van der Waals surface area contributed by atoms with Gasteiger partial charge in [-0.2, -0.15) is 0 Å². The molecular formula is C19H41IN4O2. The Balaban J connectivity index is 0.00000625. The first-order valence-electron chi connectivity index (χ1n) is 10.1. The maximum atomic E-state index is 5.47. The minimum absolute atomic E-state index is 0. The molecule has 1 aliphatic rings. The van der Waals surface area contributed by atoms with Crippen molar-refractivity contribution in [3.8, 4) is 0 Å². The molecule has 1 atom stereocenters. The molecule has 156 valence electrons. The molecule has 1 fully saturated rings. The second-order valence-corrected chi connectivity index (χ2v) is 6.59. The third-order valence-electron chi connectivity index (χ3n) is 4.65. The van der Waals surface area contributed by atoms with Gasteiger partial charge in [-0.3, -0.25) is 9.89 Å². The highest BCUT2D eigenvalue weighted by molar-refractivity contribution is 14.0. The van der Waals surface area contributed by atoms with Crippen LogP contribution in [0.3, 0.4) is 0 Å². The summed E-state index contributed by atoms with van der Waals surface area (Å²) in [6, 6.07) is 0.771. The number of methoxy groups -OCH3 is 1. The zero-order valence-corrected chi connectivity index (χ0v) is 19.4. The molecule has 0 aromatic heterocycles. The Hall–Kier alpha value is -0.120. The van der Waals surface area contributed by atoms with Crippen LogP contribution >= 0.6 is 24.0 Å². The van der Waals surface area contributed by atoms with Crippen LogP contribution in [-0.4, -0.2) is 76.6 Å². The lowest BCUT2D eigenvalue weighted by Gasteiger charge is -2.35. The predicted molar refractivity (Wildman–Crippen MR) is 121 cm³/mol. The Morgan fingerprint density at radius 1 is 1.12 bits per heavy atom. The Kier molecular flexibility index (Phi) is 18.2. The number of guanidine groups is 1. The van der Waals surface area contributed by atoms with Crippen LogP contribution in [0.4, 0.5) is 0 Å². The summed E-state index contributed by atoms with van der Waals surface area (Å²) in [6.45, 7) is 11.6. The van der Waals surface area contributed by atoms with E-state index in [1.807, 2.05) is 0 Å². The van der Waals surface area contributed by atoms with Crippen LogP contribution in [0.2, 0.25) is 0 Å². The first-order valence-corrected chi connectivity index (χ1v) is 10.1. The second-order valence-electron chi connectivity index (χ2n) is 6.59. The van der Waals surface area contributed by atoms with E-state index in [9.17, 15) is 0 Å². The Morgan fingerprint density at radius 2 is 1.96 bits per heavy atom. The van der Waals surface area contributed by atoms with Crippen LogP contribution in [-0.2, 0) is 9.47 Å². The number of halogens is 1. The summed E-state index contributed by atoms with van der Waals surface area (Å²) in [6.07, 6.45) is 7.45. The Bertz CT molecular complexity index is 346. The van der Waals surface area contributed by atoms with E-state index in [1.54, 1.807) is 7.11 Å². The molecule has 26 heavy (non-hydrogen) atoms. The van der Waals surface area contributed by atoms with Gasteiger partial charge in [0, 0.05) is 45.9 Å². The summed E-state index contributed by atoms with van der Waals surface area (Å²) in [7, 11) is 1.70. The van der Waals surface area contributed by atoms with E-state index in [4.69, 9.17) is 9.47 Å². The zero-order chi connectivity index (χ0) is 18.2. The minimum atomic E-state index is 0. The average Bonchev–Trinajstić information content (AvgIpc) is 2.64. The van der Waals surface area contributed by atoms with Crippen LogP contribution in [0.5, 0.6) is 0 Å². The number of ether oxygens (including phenoxy) is 2. The molecular weight excluding hydrogens is 443 g/mol. The lowest BCUT2D eigenvalue weighted by Crippen LogP contribution is -2.46. The third-order valence-corrected chi connectivity index (χ3v) is 4.65. The Labute approximate surface area is 177 Å². The SMILES string of the molecule is CCNC(=NCCCCOCCOC)NCCN1CCCCC1CC.I. The number of hydrogen-bond donors (Lipinski definition) is 2. The maximum absolute atomic E-state index is 5.47. The highest BCUT2D eigenvalue weighted by Gasteiger charge is 2.19. The van der Waals surface area contributed by atoms with Gasteiger partial charge in [-0.05, 0) is 45.6 Å². The lowest BCUT2D eigenvalue weighted by atomic mass is 10.0. The Morgan fingerprint density at radius 3 is 2.69 bits per heavy atom. The molecule has 6 nitrogen and oxygen atoms in total. The van der Waals surface area contributed by atoms with Gasteiger partial charge in [0.1, 0.15) is 0 Å². The van der Waals surface area contributed by atoms with E-state index in [1.165, 1.54) is 32.2 Å². The molecule has 0 spiro atoms. The molecule has 0 aliphatic carbocycles. The highest BCUT2D eigenvalue weighted by atomic mass is 127. The van der Waals surface area contributed by atoms with E-state index in [2.05, 4.69) is 34.4 Å². The molecule has 0 radical (unpaired) electrons. The fraction of sp³-hybridized carbons (Fsp3) is 0.947. The van der Waals surface area contributed by atoms with Gasteiger partial charge in [-0.15, -0.1) is 24.0 Å². The predicted octanol–water partition coefficient (Wildman–Crippen LogP) is 2.87. The fourth-order valence-electron chi connectivity index (χ4n) is 3.23. The lowest BCUT2D eigenvalue weighted by molar-refractivity contribution is 0.0690. The summed E-state index contributed by atoms with van der Waals surface area (Å²) in [5.41, 5.74) is 0. The number of nitrogens with zero attached hydrogens (tertiary/aromatic N) is 2. The highest BCUT2D eigenvalue weighted by Crippen LogP contribution is 2.18. The summed E-state index contributed by atoms with van der Waals surface area (Å²) in [5, 5.41) is 6.82. The van der Waals surface area contributed by atoms with Crippen LogP contribution in [0.15, 0.2) is 4.99 Å². The summed E-state index contributed by atoms with van der Waals surface area (Å²) in [4.78, 5) is 7.30. The number of rotatable bonds is 13. The van der Waals surface area contributed by atoms with E-state index in [-0.39, 0.29) is 24.0 Å². The van der Waals surface area contributed by atoms with Crippen LogP contribution in [0, 0.1) is 0 Å². The molecule has 0 aromatic rings. The number of likely N-dealkylation sites (tertiary alicyclic amines) is 1. The standard InChI is InChI=1S/C19H40N4O2.HI/c1-4-18-10-6-8-13-23(18)14-12-22-19(20-5-2)21-11-7-9-15-25-17-16-24-3;/h18H,4-17H2,1-3H3,(H2,20,21,22);1H. The van der Waals surface area contributed by atoms with Gasteiger partial charge in [-0.1, -0.05) is 13.3 Å². The monoisotopic (exact) mass is 484 g/mol. The van der Waals surface area contributed by atoms with Crippen molar-refractivity contribution in [3.63, 3.8) is 0 Å². The van der Waals surface area contributed by atoms with Gasteiger partial charge in [-0.25, -0.2) is 0 Å². The van der Waals surface area contributed by atoms with Gasteiger partial charge >= 0.3 is 0 Å². The third kappa shape index (κ3) is 12.3. The van der Waals surface area contributed by atoms with Crippen molar-refractivity contribution in [2.45, 2.75) is 58.4 Å². The van der Waals surface area contributed by atoms with Gasteiger partial charge in [0.25, 0.3) is 0 Å². The van der Waals surface area contributed by atoms with Crippen molar-refractivity contribution in [2.24, 2.45) is 4.99 Å². The van der Waals surface area contributed by atoms with Gasteiger partial charge in [0.2, 0.25) is 0 Å². The van der Waals surface area contributed by atoms with Crippen molar-refractivity contribution in [2.75, 3.05) is 59.7 Å². The largest absolute Gasteiger partial charge is 0.382 e. The van der Waals surface area contributed by atoms with Crippen LogP contribution < -0.4 is 10.6 Å². The van der Waals surface area contributed by atoms with Gasteiger partial charge in [0.15, 0.2) is 5.96 Å². The van der Waals surface area contributed by atoms with Gasteiger partial charge < -0.3 is 20.1 Å². The van der Waals surface area contributed by atoms with E-state index in [0.717, 1.165) is 57.6 Å². The zero-order valence-electron chi connectivity index (χ0n) is 17.1. The average molecular weight is 484 g/mol. The van der Waals surface area contributed by atoms with Gasteiger partial charge in [0.05, 0.1) is 13.2 Å². The summed E-state index contributed by atoms with van der Waals surface area (Å²) >= 11 is 0. The van der Waals surface area contributed by atoms with E-state index < -0.39 is 0 Å².